The van der Waals surface area contributed by atoms with Crippen LogP contribution >= 0.6 is 11.8 Å². The fourth-order valence-corrected chi connectivity index (χ4v) is 4.12. The van der Waals surface area contributed by atoms with Crippen molar-refractivity contribution in [2.75, 3.05) is 11.4 Å². The number of fused-ring (bicyclic) bond motifs is 2. The summed E-state index contributed by atoms with van der Waals surface area (Å²) in [4.78, 5) is 3.96. The Morgan fingerprint density at radius 2 is 1.86 bits per heavy atom. The molecule has 0 saturated carbocycles. The van der Waals surface area contributed by atoms with Crippen molar-refractivity contribution in [1.82, 2.24) is 0 Å². The fraction of sp³-hybridized carbons (Fsp3) is 0.400. The highest BCUT2D eigenvalue weighted by molar-refractivity contribution is 7.98. The van der Waals surface area contributed by atoms with Crippen LogP contribution in [0.15, 0.2) is 47.4 Å². The number of rotatable bonds is 5. The van der Waals surface area contributed by atoms with E-state index in [1.165, 1.54) is 53.1 Å². The highest BCUT2D eigenvalue weighted by Crippen LogP contribution is 2.42. The Morgan fingerprint density at radius 3 is 2.73 bits per heavy atom. The molecule has 0 bridgehead atoms. The minimum Gasteiger partial charge on any atom is -0.340 e. The molecule has 0 spiro atoms. The Labute approximate surface area is 138 Å². The molecule has 2 aromatic rings. The van der Waals surface area contributed by atoms with E-state index in [9.17, 15) is 0 Å². The first kappa shape index (κ1) is 15.5. The molecule has 116 valence electrons. The summed E-state index contributed by atoms with van der Waals surface area (Å²) in [6, 6.07) is 15.8. The van der Waals surface area contributed by atoms with Crippen molar-refractivity contribution >= 4 is 23.1 Å². The van der Waals surface area contributed by atoms with Crippen LogP contribution in [0.1, 0.15) is 43.7 Å². The second-order valence-corrected chi connectivity index (χ2v) is 7.12. The predicted octanol–water partition coefficient (Wildman–Crippen LogP) is 6.32. The zero-order valence-corrected chi connectivity index (χ0v) is 14.5. The highest BCUT2D eigenvalue weighted by Gasteiger charge is 2.20. The summed E-state index contributed by atoms with van der Waals surface area (Å²) in [6.07, 6.45) is 5.22. The summed E-state index contributed by atoms with van der Waals surface area (Å²) >= 11 is 1.97. The molecular formula is C20H25NS. The summed E-state index contributed by atoms with van der Waals surface area (Å²) in [5.74, 6) is 1.07. The van der Waals surface area contributed by atoms with Crippen LogP contribution in [0.4, 0.5) is 11.4 Å². The van der Waals surface area contributed by atoms with Gasteiger partial charge in [-0.1, -0.05) is 50.5 Å². The smallest absolute Gasteiger partial charge is 0.0551 e. The molecule has 0 N–H and O–H groups in total. The summed E-state index contributed by atoms with van der Waals surface area (Å²) in [5, 5.41) is 0. The lowest BCUT2D eigenvalue weighted by atomic mass is 10.1. The monoisotopic (exact) mass is 311 g/mol. The first-order valence-electron chi connectivity index (χ1n) is 8.38. The van der Waals surface area contributed by atoms with Crippen molar-refractivity contribution < 1.29 is 0 Å². The van der Waals surface area contributed by atoms with Gasteiger partial charge in [-0.15, -0.1) is 11.8 Å². The molecule has 0 amide bonds. The Balaban J connectivity index is 1.95. The third kappa shape index (κ3) is 3.33. The minimum absolute atomic E-state index is 1.07. The van der Waals surface area contributed by atoms with Crippen molar-refractivity contribution in [2.24, 2.45) is 0 Å². The summed E-state index contributed by atoms with van der Waals surface area (Å²) in [7, 11) is 0. The Kier molecular flexibility index (Phi) is 5.09. The maximum absolute atomic E-state index is 2.55. The molecule has 22 heavy (non-hydrogen) atoms. The molecule has 1 aliphatic heterocycles. The molecule has 0 atom stereocenters. The van der Waals surface area contributed by atoms with Crippen LogP contribution in [0.25, 0.3) is 0 Å². The zero-order valence-electron chi connectivity index (χ0n) is 13.6. The van der Waals surface area contributed by atoms with Gasteiger partial charge in [0.2, 0.25) is 0 Å². The van der Waals surface area contributed by atoms with Gasteiger partial charge in [-0.3, -0.25) is 0 Å². The first-order chi connectivity index (χ1) is 10.8. The Hall–Kier alpha value is -1.41. The molecule has 1 heterocycles. The van der Waals surface area contributed by atoms with Gasteiger partial charge in [0.1, 0.15) is 0 Å². The minimum atomic E-state index is 1.07. The van der Waals surface area contributed by atoms with Crippen LogP contribution < -0.4 is 4.90 Å². The number of aryl methyl sites for hydroxylation is 1. The van der Waals surface area contributed by atoms with Crippen molar-refractivity contribution in [3.8, 4) is 0 Å². The topological polar surface area (TPSA) is 3.24 Å². The van der Waals surface area contributed by atoms with E-state index in [2.05, 4.69) is 61.2 Å². The van der Waals surface area contributed by atoms with Gasteiger partial charge in [-0.25, -0.2) is 0 Å². The van der Waals surface area contributed by atoms with Crippen molar-refractivity contribution in [1.29, 1.82) is 0 Å². The van der Waals surface area contributed by atoms with Crippen molar-refractivity contribution in [3.63, 3.8) is 0 Å². The largest absolute Gasteiger partial charge is 0.340 e. The molecule has 0 aliphatic carbocycles. The maximum atomic E-state index is 2.55. The molecule has 3 rings (SSSR count). The SMILES string of the molecule is CCCCCCN1c2ccccc2CSc2ccc(C)cc21. The maximum Gasteiger partial charge on any atom is 0.0551 e. The van der Waals surface area contributed by atoms with Crippen LogP contribution in [0.3, 0.4) is 0 Å². The molecule has 0 aromatic heterocycles. The molecule has 2 heteroatoms. The number of nitrogens with zero attached hydrogens (tertiary/aromatic N) is 1. The quantitative estimate of drug-likeness (QED) is 0.594. The van der Waals surface area contributed by atoms with E-state index < -0.39 is 0 Å². The van der Waals surface area contributed by atoms with Crippen LogP contribution in [-0.2, 0) is 5.75 Å². The van der Waals surface area contributed by atoms with Gasteiger partial charge >= 0.3 is 0 Å². The lowest BCUT2D eigenvalue weighted by Gasteiger charge is -2.27. The Morgan fingerprint density at radius 1 is 1.00 bits per heavy atom. The lowest BCUT2D eigenvalue weighted by Crippen LogP contribution is -2.19. The van der Waals surface area contributed by atoms with E-state index in [1.807, 2.05) is 11.8 Å². The number of para-hydroxylation sites is 1. The molecule has 1 nitrogen and oxygen atoms in total. The van der Waals surface area contributed by atoms with Crippen LogP contribution in [0.5, 0.6) is 0 Å². The van der Waals surface area contributed by atoms with E-state index in [0.29, 0.717) is 0 Å². The zero-order chi connectivity index (χ0) is 15.4. The molecular weight excluding hydrogens is 286 g/mol. The van der Waals surface area contributed by atoms with Crippen molar-refractivity contribution in [2.45, 2.75) is 50.2 Å². The van der Waals surface area contributed by atoms with Gasteiger partial charge in [-0.05, 0) is 42.7 Å². The van der Waals surface area contributed by atoms with E-state index in [4.69, 9.17) is 0 Å². The third-order valence-corrected chi connectivity index (χ3v) is 5.42. The number of hydrogen-bond donors (Lipinski definition) is 0. The Bertz CT molecular complexity index is 635. The van der Waals surface area contributed by atoms with E-state index >= 15 is 0 Å². The van der Waals surface area contributed by atoms with E-state index in [-0.39, 0.29) is 0 Å². The van der Waals surface area contributed by atoms with Gasteiger partial charge in [-0.2, -0.15) is 0 Å². The second kappa shape index (κ2) is 7.23. The van der Waals surface area contributed by atoms with Crippen LogP contribution in [0, 0.1) is 6.92 Å². The van der Waals surface area contributed by atoms with Crippen LogP contribution in [-0.4, -0.2) is 6.54 Å². The number of anilines is 2. The molecule has 0 unspecified atom stereocenters. The average Bonchev–Trinajstić information content (AvgIpc) is 2.69. The molecule has 2 aromatic carbocycles. The highest BCUT2D eigenvalue weighted by atomic mass is 32.2. The van der Waals surface area contributed by atoms with Crippen LogP contribution in [0.2, 0.25) is 0 Å². The van der Waals surface area contributed by atoms with Gasteiger partial charge in [0, 0.05) is 22.9 Å². The fourth-order valence-electron chi connectivity index (χ4n) is 3.08. The predicted molar refractivity (Wildman–Crippen MR) is 98.3 cm³/mol. The number of thioether (sulfide) groups is 1. The van der Waals surface area contributed by atoms with E-state index in [0.717, 1.165) is 12.3 Å². The molecule has 0 radical (unpaired) electrons. The third-order valence-electron chi connectivity index (χ3n) is 4.31. The van der Waals surface area contributed by atoms with E-state index in [1.54, 1.807) is 0 Å². The van der Waals surface area contributed by atoms with Gasteiger partial charge in [0.05, 0.1) is 5.69 Å². The standard InChI is InChI=1S/C20H25NS/c1-3-4-5-8-13-21-18-10-7-6-9-17(18)15-22-20-12-11-16(2)14-19(20)21/h6-7,9-12,14H,3-5,8,13,15H2,1-2H3. The van der Waals surface area contributed by atoms with Gasteiger partial charge in [0.15, 0.2) is 0 Å². The number of hydrogen-bond acceptors (Lipinski definition) is 2. The van der Waals surface area contributed by atoms with Crippen molar-refractivity contribution in [3.05, 3.63) is 53.6 Å². The first-order valence-corrected chi connectivity index (χ1v) is 9.37. The normalized spacial score (nSPS) is 13.5. The lowest BCUT2D eigenvalue weighted by molar-refractivity contribution is 0.667. The molecule has 0 fully saturated rings. The summed E-state index contributed by atoms with van der Waals surface area (Å²) in [5.41, 5.74) is 5.59. The second-order valence-electron chi connectivity index (χ2n) is 6.10. The summed E-state index contributed by atoms with van der Waals surface area (Å²) < 4.78 is 0. The summed E-state index contributed by atoms with van der Waals surface area (Å²) in [6.45, 7) is 5.58. The molecule has 1 aliphatic rings. The number of unbranched alkanes of at least 4 members (excludes halogenated alkanes) is 3. The van der Waals surface area contributed by atoms with Gasteiger partial charge in [0.25, 0.3) is 0 Å². The molecule has 0 saturated heterocycles. The number of benzene rings is 2. The van der Waals surface area contributed by atoms with Gasteiger partial charge < -0.3 is 4.90 Å². The average molecular weight is 311 g/mol.